The predicted molar refractivity (Wildman–Crippen MR) is 111 cm³/mol. The lowest BCUT2D eigenvalue weighted by Crippen LogP contribution is -2.26. The molecule has 0 fully saturated rings. The zero-order chi connectivity index (χ0) is 20.9. The van der Waals surface area contributed by atoms with Gasteiger partial charge in [0, 0.05) is 24.8 Å². The number of aliphatic hydroxyl groups excluding tert-OH is 1. The highest BCUT2D eigenvalue weighted by Gasteiger charge is 2.10. The number of nitrogens with one attached hydrogen (secondary N) is 3. The number of methoxy groups -OCH3 is 1. The molecule has 0 aliphatic heterocycles. The zero-order valence-corrected chi connectivity index (χ0v) is 17.0. The number of hydrogen-bond acceptors (Lipinski definition) is 7. The third-order valence-corrected chi connectivity index (χ3v) is 4.76. The van der Waals surface area contributed by atoms with Crippen LogP contribution in [-0.4, -0.2) is 56.8 Å². The van der Waals surface area contributed by atoms with Gasteiger partial charge in [0.2, 0.25) is 15.9 Å². The SMILES string of the molecule is COc1n[nH]c2cc(OCCNC[C@H](O)c3cccc(NS(C)(=O)=O)c3)ccc12. The summed E-state index contributed by atoms with van der Waals surface area (Å²) in [7, 11) is -1.79. The number of aromatic amines is 1. The van der Waals surface area contributed by atoms with Gasteiger partial charge in [-0.2, -0.15) is 0 Å². The first-order valence-electron chi connectivity index (χ1n) is 8.97. The minimum atomic E-state index is -3.36. The Hall–Kier alpha value is -2.82. The molecule has 9 nitrogen and oxygen atoms in total. The van der Waals surface area contributed by atoms with E-state index in [1.165, 1.54) is 0 Å². The van der Waals surface area contributed by atoms with Crippen molar-refractivity contribution < 1.29 is 23.0 Å². The van der Waals surface area contributed by atoms with Gasteiger partial charge in [-0.05, 0) is 29.8 Å². The molecule has 0 aliphatic rings. The van der Waals surface area contributed by atoms with E-state index in [9.17, 15) is 13.5 Å². The topological polar surface area (TPSA) is 126 Å². The third-order valence-electron chi connectivity index (χ3n) is 4.15. The van der Waals surface area contributed by atoms with Crippen molar-refractivity contribution in [2.24, 2.45) is 0 Å². The number of nitrogens with zero attached hydrogens (tertiary/aromatic N) is 1. The molecular weight excluding hydrogens is 396 g/mol. The van der Waals surface area contributed by atoms with Gasteiger partial charge in [-0.15, -0.1) is 5.10 Å². The van der Waals surface area contributed by atoms with Crippen LogP contribution in [-0.2, 0) is 10.0 Å². The van der Waals surface area contributed by atoms with Gasteiger partial charge in [-0.25, -0.2) is 8.42 Å². The standard InChI is InChI=1S/C19H24N4O5S/c1-27-19-16-7-6-15(11-17(16)21-22-19)28-9-8-20-12-18(24)13-4-3-5-14(10-13)23-29(2,25)26/h3-7,10-11,18,20,23-24H,8-9,12H2,1-2H3,(H,21,22)/t18-/m0/s1. The molecule has 0 spiro atoms. The molecule has 0 saturated heterocycles. The highest BCUT2D eigenvalue weighted by atomic mass is 32.2. The third kappa shape index (κ3) is 5.83. The van der Waals surface area contributed by atoms with Gasteiger partial charge in [0.15, 0.2) is 0 Å². The Balaban J connectivity index is 1.45. The van der Waals surface area contributed by atoms with Gasteiger partial charge in [0.25, 0.3) is 0 Å². The Kier molecular flexibility index (Phi) is 6.57. The fraction of sp³-hybridized carbons (Fsp3) is 0.316. The summed E-state index contributed by atoms with van der Waals surface area (Å²) in [5.41, 5.74) is 1.86. The highest BCUT2D eigenvalue weighted by molar-refractivity contribution is 7.92. The van der Waals surface area contributed by atoms with Crippen LogP contribution < -0.4 is 19.5 Å². The van der Waals surface area contributed by atoms with E-state index in [0.29, 0.717) is 42.6 Å². The summed E-state index contributed by atoms with van der Waals surface area (Å²) >= 11 is 0. The van der Waals surface area contributed by atoms with Crippen molar-refractivity contribution in [3.63, 3.8) is 0 Å². The molecule has 10 heteroatoms. The van der Waals surface area contributed by atoms with Gasteiger partial charge >= 0.3 is 0 Å². The lowest BCUT2D eigenvalue weighted by Gasteiger charge is -2.14. The molecule has 3 rings (SSSR count). The minimum absolute atomic E-state index is 0.308. The van der Waals surface area contributed by atoms with Gasteiger partial charge < -0.3 is 19.9 Å². The van der Waals surface area contributed by atoms with Crippen LogP contribution in [0, 0.1) is 0 Å². The van der Waals surface area contributed by atoms with Crippen molar-refractivity contribution in [2.45, 2.75) is 6.10 Å². The lowest BCUT2D eigenvalue weighted by atomic mass is 10.1. The molecule has 0 bridgehead atoms. The zero-order valence-electron chi connectivity index (χ0n) is 16.2. The quantitative estimate of drug-likeness (QED) is 0.367. The van der Waals surface area contributed by atoms with E-state index in [1.807, 2.05) is 18.2 Å². The van der Waals surface area contributed by atoms with Gasteiger partial charge in [0.1, 0.15) is 12.4 Å². The molecule has 0 amide bonds. The second-order valence-electron chi connectivity index (χ2n) is 6.51. The summed E-state index contributed by atoms with van der Waals surface area (Å²) in [6.07, 6.45) is 0.309. The van der Waals surface area contributed by atoms with Gasteiger partial charge in [0.05, 0.1) is 30.4 Å². The smallest absolute Gasteiger partial charge is 0.240 e. The molecule has 0 radical (unpaired) electrons. The lowest BCUT2D eigenvalue weighted by molar-refractivity contribution is 0.172. The minimum Gasteiger partial charge on any atom is -0.492 e. The van der Waals surface area contributed by atoms with Gasteiger partial charge in [-0.1, -0.05) is 12.1 Å². The molecule has 156 valence electrons. The predicted octanol–water partition coefficient (Wildman–Crippen LogP) is 1.64. The van der Waals surface area contributed by atoms with Crippen LogP contribution in [0.2, 0.25) is 0 Å². The van der Waals surface area contributed by atoms with Crippen LogP contribution in [0.15, 0.2) is 42.5 Å². The van der Waals surface area contributed by atoms with E-state index < -0.39 is 16.1 Å². The Morgan fingerprint density at radius 3 is 2.83 bits per heavy atom. The van der Waals surface area contributed by atoms with Crippen LogP contribution in [0.25, 0.3) is 10.9 Å². The average Bonchev–Trinajstić information content (AvgIpc) is 3.08. The molecule has 3 aromatic rings. The fourth-order valence-corrected chi connectivity index (χ4v) is 3.40. The number of H-pyrrole nitrogens is 1. The van der Waals surface area contributed by atoms with Crippen LogP contribution in [0.3, 0.4) is 0 Å². The first-order chi connectivity index (χ1) is 13.9. The Labute approximate surface area is 169 Å². The van der Waals surface area contributed by atoms with Crippen molar-refractivity contribution in [3.05, 3.63) is 48.0 Å². The van der Waals surface area contributed by atoms with Crippen molar-refractivity contribution in [1.82, 2.24) is 15.5 Å². The molecule has 4 N–H and O–H groups in total. The summed E-state index contributed by atoms with van der Waals surface area (Å²) in [6.45, 7) is 1.25. The molecule has 1 heterocycles. The van der Waals surface area contributed by atoms with E-state index in [0.717, 1.165) is 17.2 Å². The number of benzene rings is 2. The van der Waals surface area contributed by atoms with Crippen LogP contribution in [0.5, 0.6) is 11.6 Å². The maximum Gasteiger partial charge on any atom is 0.240 e. The molecule has 29 heavy (non-hydrogen) atoms. The normalized spacial score (nSPS) is 12.7. The molecule has 1 aromatic heterocycles. The van der Waals surface area contributed by atoms with Crippen molar-refractivity contribution in [1.29, 1.82) is 0 Å². The fourth-order valence-electron chi connectivity index (χ4n) is 2.84. The van der Waals surface area contributed by atoms with Crippen molar-refractivity contribution in [2.75, 3.05) is 37.8 Å². The second kappa shape index (κ2) is 9.12. The maximum atomic E-state index is 11.3. The molecule has 1 atom stereocenters. The van der Waals surface area contributed by atoms with E-state index in [4.69, 9.17) is 9.47 Å². The number of aromatic nitrogens is 2. The Morgan fingerprint density at radius 2 is 2.07 bits per heavy atom. The Morgan fingerprint density at radius 1 is 1.24 bits per heavy atom. The molecule has 0 saturated carbocycles. The molecule has 0 aliphatic carbocycles. The van der Waals surface area contributed by atoms with E-state index in [1.54, 1.807) is 31.4 Å². The number of anilines is 1. The van der Waals surface area contributed by atoms with E-state index >= 15 is 0 Å². The van der Waals surface area contributed by atoms with Crippen LogP contribution >= 0.6 is 0 Å². The number of ether oxygens (including phenoxy) is 2. The number of rotatable bonds is 10. The molecular formula is C19H24N4O5S. The largest absolute Gasteiger partial charge is 0.492 e. The molecule has 0 unspecified atom stereocenters. The highest BCUT2D eigenvalue weighted by Crippen LogP contribution is 2.25. The van der Waals surface area contributed by atoms with Crippen molar-refractivity contribution >= 4 is 26.6 Å². The monoisotopic (exact) mass is 420 g/mol. The first-order valence-corrected chi connectivity index (χ1v) is 10.9. The first kappa shape index (κ1) is 20.9. The number of fused-ring (bicyclic) bond motifs is 1. The number of hydrogen-bond donors (Lipinski definition) is 4. The molecule has 2 aromatic carbocycles. The second-order valence-corrected chi connectivity index (χ2v) is 8.26. The maximum absolute atomic E-state index is 11.3. The summed E-state index contributed by atoms with van der Waals surface area (Å²) in [5, 5.41) is 21.2. The summed E-state index contributed by atoms with van der Waals surface area (Å²) in [4.78, 5) is 0. The van der Waals surface area contributed by atoms with E-state index in [-0.39, 0.29) is 0 Å². The summed E-state index contributed by atoms with van der Waals surface area (Å²) in [6, 6.07) is 12.2. The van der Waals surface area contributed by atoms with E-state index in [2.05, 4.69) is 20.2 Å². The summed E-state index contributed by atoms with van der Waals surface area (Å²) in [5.74, 6) is 1.24. The van der Waals surface area contributed by atoms with Crippen LogP contribution in [0.4, 0.5) is 5.69 Å². The number of aliphatic hydroxyl groups is 1. The van der Waals surface area contributed by atoms with Gasteiger partial charge in [-0.3, -0.25) is 9.82 Å². The van der Waals surface area contributed by atoms with Crippen LogP contribution in [0.1, 0.15) is 11.7 Å². The Bertz CT molecular complexity index is 1070. The average molecular weight is 420 g/mol. The summed E-state index contributed by atoms with van der Waals surface area (Å²) < 4.78 is 35.9. The number of sulfonamides is 1. The van der Waals surface area contributed by atoms with Crippen molar-refractivity contribution in [3.8, 4) is 11.6 Å².